The van der Waals surface area contributed by atoms with Gasteiger partial charge in [-0.25, -0.2) is 18.2 Å². The lowest BCUT2D eigenvalue weighted by atomic mass is 9.89. The number of allylic oxidation sites excluding steroid dienone is 1. The minimum absolute atomic E-state index is 0.0269. The van der Waals surface area contributed by atoms with E-state index < -0.39 is 74.3 Å². The van der Waals surface area contributed by atoms with E-state index in [9.17, 15) is 27.6 Å². The van der Waals surface area contributed by atoms with E-state index in [-0.39, 0.29) is 19.4 Å². The summed E-state index contributed by atoms with van der Waals surface area (Å²) in [6, 6.07) is 3.67. The average Bonchev–Trinajstić information content (AvgIpc) is 4.06. The molecule has 55 heavy (non-hydrogen) atoms. The molecule has 0 bridgehead atoms. The predicted octanol–water partition coefficient (Wildman–Crippen LogP) is 4.37. The van der Waals surface area contributed by atoms with Crippen molar-refractivity contribution in [2.24, 2.45) is 5.92 Å². The van der Waals surface area contributed by atoms with Crippen molar-refractivity contribution in [1.82, 2.24) is 25.2 Å². The zero-order chi connectivity index (χ0) is 39.1. The number of nitrogens with one attached hydrogen (secondary N) is 3. The lowest BCUT2D eigenvalue weighted by Gasteiger charge is -2.30. The average molecular weight is 780 g/mol. The quantitative estimate of drug-likeness (QED) is 0.342. The second kappa shape index (κ2) is 15.3. The van der Waals surface area contributed by atoms with E-state index >= 15 is 0 Å². The molecule has 5 aliphatic rings. The normalized spacial score (nSPS) is 28.0. The van der Waals surface area contributed by atoms with E-state index in [1.165, 1.54) is 4.90 Å². The van der Waals surface area contributed by atoms with Crippen molar-refractivity contribution in [2.75, 3.05) is 13.7 Å². The Bertz CT molecular complexity index is 1990. The molecule has 0 spiro atoms. The van der Waals surface area contributed by atoms with Gasteiger partial charge in [0.2, 0.25) is 27.7 Å². The summed E-state index contributed by atoms with van der Waals surface area (Å²) in [7, 11) is -2.25. The van der Waals surface area contributed by atoms with Crippen molar-refractivity contribution in [3.8, 4) is 11.6 Å². The van der Waals surface area contributed by atoms with Crippen LogP contribution >= 0.6 is 0 Å². The lowest BCUT2D eigenvalue weighted by Crippen LogP contribution is -2.58. The molecule has 298 valence electrons. The van der Waals surface area contributed by atoms with Crippen LogP contribution in [0.2, 0.25) is 0 Å². The van der Waals surface area contributed by atoms with Gasteiger partial charge in [0.25, 0.3) is 5.91 Å². The summed E-state index contributed by atoms with van der Waals surface area (Å²) in [4.78, 5) is 62.2. The minimum Gasteiger partial charge on any atom is -0.497 e. The monoisotopic (exact) mass is 779 g/mol. The van der Waals surface area contributed by atoms with Crippen LogP contribution in [0.5, 0.6) is 11.6 Å². The zero-order valence-corrected chi connectivity index (χ0v) is 33.0. The van der Waals surface area contributed by atoms with Crippen LogP contribution < -0.4 is 24.8 Å². The molecule has 3 N–H and O–H groups in total. The predicted molar refractivity (Wildman–Crippen MR) is 204 cm³/mol. The summed E-state index contributed by atoms with van der Waals surface area (Å²) >= 11 is 0. The number of carbonyl (C=O) groups excluding carboxylic acids is 4. The third-order valence-corrected chi connectivity index (χ3v) is 13.1. The number of amides is 4. The smallest absolute Gasteiger partial charge is 0.408 e. The number of hydrogen-bond donors (Lipinski definition) is 3. The highest BCUT2D eigenvalue weighted by Gasteiger charge is 2.62. The number of fused-ring (bicyclic) bond motifs is 5. The summed E-state index contributed by atoms with van der Waals surface area (Å²) in [6.45, 7) is 5.25. The van der Waals surface area contributed by atoms with Gasteiger partial charge in [0.1, 0.15) is 35.1 Å². The second-order valence-electron chi connectivity index (χ2n) is 16.7. The van der Waals surface area contributed by atoms with Crippen molar-refractivity contribution >= 4 is 44.7 Å². The number of rotatable bonds is 7. The Labute approximate surface area is 322 Å². The fraction of sp³-hybridized carbons (Fsp3) is 0.625. The molecule has 5 atom stereocenters. The Morgan fingerprint density at radius 3 is 2.51 bits per heavy atom. The van der Waals surface area contributed by atoms with Gasteiger partial charge < -0.3 is 29.7 Å². The number of alkyl carbamates (subject to hydrolysis) is 1. The first-order valence-corrected chi connectivity index (χ1v) is 21.2. The summed E-state index contributed by atoms with van der Waals surface area (Å²) in [5.74, 6) is -1.05. The van der Waals surface area contributed by atoms with Crippen molar-refractivity contribution in [1.29, 1.82) is 0 Å². The van der Waals surface area contributed by atoms with Crippen molar-refractivity contribution in [2.45, 2.75) is 139 Å². The van der Waals surface area contributed by atoms with Crippen LogP contribution in [0, 0.1) is 5.92 Å². The zero-order valence-electron chi connectivity index (χ0n) is 32.1. The Balaban J connectivity index is 1.21. The van der Waals surface area contributed by atoms with Crippen molar-refractivity contribution in [3.05, 3.63) is 41.5 Å². The van der Waals surface area contributed by atoms with E-state index in [0.717, 1.165) is 66.3 Å². The molecular weight excluding hydrogens is 727 g/mol. The topological polar surface area (TPSA) is 182 Å². The van der Waals surface area contributed by atoms with E-state index in [1.54, 1.807) is 27.9 Å². The summed E-state index contributed by atoms with van der Waals surface area (Å²) in [5, 5.41) is 6.07. The fourth-order valence-electron chi connectivity index (χ4n) is 8.15. The number of pyridine rings is 1. The SMILES string of the molecule is COc1ccc2nc(O[C@@H]3C[C@H]4C(=O)N[C@]5(C(=O)NS(=O)(=O)C6CC6)CC5/C=C\CCCCC[C@H](NC(=O)OC(C)(C)C)C(=O)N4C3)c3c(c2c1)CCCC3. The molecule has 1 unspecified atom stereocenters. The Hall–Kier alpha value is -4.40. The van der Waals surface area contributed by atoms with Gasteiger partial charge in [-0.3, -0.25) is 19.1 Å². The molecule has 2 saturated carbocycles. The molecule has 2 aromatic rings. The highest BCUT2D eigenvalue weighted by Crippen LogP contribution is 2.46. The second-order valence-corrected chi connectivity index (χ2v) is 18.6. The molecule has 7 rings (SSSR count). The maximum Gasteiger partial charge on any atom is 0.408 e. The maximum absolute atomic E-state index is 14.6. The lowest BCUT2D eigenvalue weighted by molar-refractivity contribution is -0.141. The summed E-state index contributed by atoms with van der Waals surface area (Å²) < 4.78 is 45.7. The van der Waals surface area contributed by atoms with E-state index in [0.29, 0.717) is 38.0 Å². The highest BCUT2D eigenvalue weighted by atomic mass is 32.2. The van der Waals surface area contributed by atoms with Crippen LogP contribution in [0.15, 0.2) is 30.4 Å². The van der Waals surface area contributed by atoms with Crippen molar-refractivity contribution in [3.63, 3.8) is 0 Å². The number of nitrogens with zero attached hydrogens (tertiary/aromatic N) is 2. The van der Waals surface area contributed by atoms with Gasteiger partial charge in [-0.05, 0) is 109 Å². The van der Waals surface area contributed by atoms with E-state index in [1.807, 2.05) is 30.4 Å². The molecule has 14 nitrogen and oxygen atoms in total. The van der Waals surface area contributed by atoms with Crippen LogP contribution in [0.4, 0.5) is 4.79 Å². The standard InChI is InChI=1S/C40H53N5O9S/c1-39(2,3)54-38(49)42-32-15-9-7-5-6-8-12-24-22-40(24,37(48)44-55(50,51)27-17-18-27)43-34(46)33-21-26(23-45(33)36(32)47)53-35-29-14-11-10-13-28(29)30-20-25(52-4)16-19-31(30)41-35/h8,12,16,19-20,24,26-27,32-33H,5-7,9-11,13-15,17-18,21-23H2,1-4H3,(H,42,49)(H,43,46)(H,44,48)/b12-8-/t24?,26-,32+,33+,40-/m1/s1. The number of methoxy groups -OCH3 is 1. The molecule has 15 heteroatoms. The Morgan fingerprint density at radius 1 is 1.02 bits per heavy atom. The first-order valence-electron chi connectivity index (χ1n) is 19.7. The van der Waals surface area contributed by atoms with E-state index in [2.05, 4.69) is 15.4 Å². The van der Waals surface area contributed by atoms with Crippen LogP contribution in [0.3, 0.4) is 0 Å². The van der Waals surface area contributed by atoms with Gasteiger partial charge in [-0.2, -0.15) is 0 Å². The molecule has 0 radical (unpaired) electrons. The molecule has 1 saturated heterocycles. The number of sulfonamides is 1. The number of aromatic nitrogens is 1. The number of aryl methyl sites for hydroxylation is 1. The van der Waals surface area contributed by atoms with Crippen LogP contribution in [0.1, 0.15) is 103 Å². The Morgan fingerprint density at radius 2 is 1.78 bits per heavy atom. The first kappa shape index (κ1) is 38.9. The molecule has 3 heterocycles. The van der Waals surface area contributed by atoms with Gasteiger partial charge in [-0.15, -0.1) is 0 Å². The molecule has 3 aliphatic carbocycles. The molecule has 4 amide bonds. The van der Waals surface area contributed by atoms with Gasteiger partial charge in [0.05, 0.1) is 24.4 Å². The molecule has 2 aliphatic heterocycles. The minimum atomic E-state index is -3.88. The van der Waals surface area contributed by atoms with E-state index in [4.69, 9.17) is 19.2 Å². The number of carbonyl (C=O) groups is 4. The van der Waals surface area contributed by atoms with Crippen LogP contribution in [0.25, 0.3) is 10.9 Å². The molecule has 3 fully saturated rings. The van der Waals surface area contributed by atoms with Crippen molar-refractivity contribution < 1.29 is 41.8 Å². The highest BCUT2D eigenvalue weighted by molar-refractivity contribution is 7.91. The fourth-order valence-corrected chi connectivity index (χ4v) is 9.51. The van der Waals surface area contributed by atoms with Gasteiger partial charge in [0, 0.05) is 23.3 Å². The largest absolute Gasteiger partial charge is 0.497 e. The maximum atomic E-state index is 14.6. The third-order valence-electron chi connectivity index (χ3n) is 11.3. The number of hydrogen-bond acceptors (Lipinski definition) is 10. The molecular formula is C40H53N5O9S. The van der Waals surface area contributed by atoms with Gasteiger partial charge in [-0.1, -0.05) is 25.0 Å². The van der Waals surface area contributed by atoms with Gasteiger partial charge >= 0.3 is 6.09 Å². The Kier molecular flexibility index (Phi) is 10.8. The van der Waals surface area contributed by atoms with Gasteiger partial charge in [0.15, 0.2) is 0 Å². The number of ether oxygens (including phenoxy) is 3. The molecule has 1 aromatic heterocycles. The molecule has 1 aromatic carbocycles. The first-order chi connectivity index (χ1) is 26.2. The summed E-state index contributed by atoms with van der Waals surface area (Å²) in [6.07, 6.45) is 10.6. The third kappa shape index (κ3) is 8.56. The number of benzene rings is 1. The van der Waals surface area contributed by atoms with Crippen LogP contribution in [-0.2, 0) is 42.0 Å². The summed E-state index contributed by atoms with van der Waals surface area (Å²) in [5.41, 5.74) is 0.611. The van der Waals surface area contributed by atoms with Crippen LogP contribution in [-0.4, -0.2) is 90.3 Å².